The van der Waals surface area contributed by atoms with Crippen LogP contribution in [0.15, 0.2) is 16.8 Å². The molecule has 0 aromatic carbocycles. The second-order valence-electron chi connectivity index (χ2n) is 5.41. The Morgan fingerprint density at radius 2 is 2.04 bits per heavy atom. The number of amides is 2. The maximum Gasteiger partial charge on any atom is 0.370 e. The number of rotatable bonds is 6. The number of nitrogens with two attached hydrogens (primary N) is 2. The molecule has 1 aliphatic heterocycles. The first-order chi connectivity index (χ1) is 11.2. The number of hydrogen-bond donors (Lipinski definition) is 4. The van der Waals surface area contributed by atoms with E-state index in [1.54, 1.807) is 7.05 Å². The van der Waals surface area contributed by atoms with Crippen molar-refractivity contribution in [1.82, 2.24) is 10.2 Å². The third-order valence-corrected chi connectivity index (χ3v) is 3.33. The normalized spacial score (nSPS) is 22.6. The highest BCUT2D eigenvalue weighted by atomic mass is 16.5. The lowest BCUT2D eigenvalue weighted by Crippen LogP contribution is -2.58. The predicted molar refractivity (Wildman–Crippen MR) is 85.7 cm³/mol. The van der Waals surface area contributed by atoms with Crippen molar-refractivity contribution >= 4 is 23.7 Å². The fourth-order valence-corrected chi connectivity index (χ4v) is 2.36. The summed E-state index contributed by atoms with van der Waals surface area (Å²) in [5, 5.41) is 11.7. The average molecular weight is 341 g/mol. The van der Waals surface area contributed by atoms with Gasteiger partial charge in [0.05, 0.1) is 0 Å². The van der Waals surface area contributed by atoms with E-state index in [0.29, 0.717) is 13.0 Å². The second kappa shape index (κ2) is 8.18. The molecule has 134 valence electrons. The molecule has 0 radical (unpaired) electrons. The van der Waals surface area contributed by atoms with E-state index in [0.717, 1.165) is 6.08 Å². The molecule has 10 heteroatoms. The van der Waals surface area contributed by atoms with E-state index in [4.69, 9.17) is 16.2 Å². The number of ether oxygens (including phenoxy) is 1. The first-order valence-electron chi connectivity index (χ1n) is 7.40. The van der Waals surface area contributed by atoms with Gasteiger partial charge in [-0.25, -0.2) is 9.79 Å². The van der Waals surface area contributed by atoms with Crippen LogP contribution in [0.5, 0.6) is 0 Å². The molecule has 6 N–H and O–H groups in total. The summed E-state index contributed by atoms with van der Waals surface area (Å²) in [4.78, 5) is 40.7. The second-order valence-corrected chi connectivity index (χ2v) is 5.41. The van der Waals surface area contributed by atoms with E-state index in [-0.39, 0.29) is 5.96 Å². The highest BCUT2D eigenvalue weighted by Crippen LogP contribution is 2.22. The van der Waals surface area contributed by atoms with Gasteiger partial charge in [-0.05, 0) is 12.5 Å². The predicted octanol–water partition coefficient (Wildman–Crippen LogP) is -1.63. The number of carbonyl (C=O) groups excluding carboxylic acids is 2. The molecule has 10 nitrogen and oxygen atoms in total. The number of likely N-dealkylation sites (N-methyl/N-ethyl adjacent to an activating group) is 1. The number of guanidine groups is 1. The molecule has 1 heterocycles. The quantitative estimate of drug-likeness (QED) is 0.333. The molecule has 1 aliphatic rings. The van der Waals surface area contributed by atoms with E-state index in [1.165, 1.54) is 11.8 Å². The number of carboxylic acids is 1. The van der Waals surface area contributed by atoms with E-state index >= 15 is 0 Å². The molecule has 1 rings (SSSR count). The summed E-state index contributed by atoms with van der Waals surface area (Å²) in [5.41, 5.74) is 10.7. The zero-order chi connectivity index (χ0) is 18.4. The average Bonchev–Trinajstić information content (AvgIpc) is 2.47. The zero-order valence-electron chi connectivity index (χ0n) is 13.9. The molecule has 0 aromatic rings. The highest BCUT2D eigenvalue weighted by molar-refractivity contribution is 5.89. The zero-order valence-corrected chi connectivity index (χ0v) is 13.9. The van der Waals surface area contributed by atoms with Gasteiger partial charge in [-0.1, -0.05) is 6.92 Å². The molecule has 3 atom stereocenters. The number of aliphatic imine (C=N–C) groups is 1. The standard InChI is InChI=1S/C14H23N5O5/c1-4-5-19(3)12(21)11-10(17-7(2)20)8(18-14(15)16)6-9(24-11)13(22)23/h6,8,10-11H,4-5H2,1-3H3,(H,17,20)(H,22,23)(H4,15,16,18)/t8-,10+,11+/m1/s1. The molecule has 0 spiro atoms. The summed E-state index contributed by atoms with van der Waals surface area (Å²) in [6.45, 7) is 3.60. The number of aliphatic carboxylic acids is 1. The van der Waals surface area contributed by atoms with Gasteiger partial charge in [0.15, 0.2) is 12.1 Å². The first kappa shape index (κ1) is 19.3. The summed E-state index contributed by atoms with van der Waals surface area (Å²) in [6, 6.07) is -1.87. The third kappa shape index (κ3) is 4.86. The molecule has 0 aliphatic carbocycles. The van der Waals surface area contributed by atoms with E-state index in [2.05, 4.69) is 10.3 Å². The van der Waals surface area contributed by atoms with Gasteiger partial charge in [0, 0.05) is 20.5 Å². The van der Waals surface area contributed by atoms with Crippen LogP contribution in [0, 0.1) is 0 Å². The van der Waals surface area contributed by atoms with Crippen LogP contribution in [-0.2, 0) is 19.1 Å². The monoisotopic (exact) mass is 341 g/mol. The van der Waals surface area contributed by atoms with Crippen molar-refractivity contribution in [3.05, 3.63) is 11.8 Å². The third-order valence-electron chi connectivity index (χ3n) is 3.33. The Labute approximate surface area is 139 Å². The summed E-state index contributed by atoms with van der Waals surface area (Å²) in [6.07, 6.45) is 0.611. The van der Waals surface area contributed by atoms with Crippen molar-refractivity contribution in [3.8, 4) is 0 Å². The van der Waals surface area contributed by atoms with Crippen molar-refractivity contribution in [2.24, 2.45) is 16.5 Å². The van der Waals surface area contributed by atoms with Crippen molar-refractivity contribution < 1.29 is 24.2 Å². The van der Waals surface area contributed by atoms with Crippen LogP contribution in [-0.4, -0.2) is 65.5 Å². The Morgan fingerprint density at radius 1 is 1.42 bits per heavy atom. The molecular weight excluding hydrogens is 318 g/mol. The van der Waals surface area contributed by atoms with E-state index in [9.17, 15) is 19.5 Å². The van der Waals surface area contributed by atoms with Gasteiger partial charge in [-0.2, -0.15) is 0 Å². The van der Waals surface area contributed by atoms with E-state index < -0.39 is 41.7 Å². The summed E-state index contributed by atoms with van der Waals surface area (Å²) in [5.74, 6) is -3.01. The first-order valence-corrected chi connectivity index (χ1v) is 7.40. The minimum Gasteiger partial charge on any atom is -0.475 e. The van der Waals surface area contributed by atoms with Gasteiger partial charge < -0.3 is 31.5 Å². The lowest BCUT2D eigenvalue weighted by atomic mass is 9.97. The van der Waals surface area contributed by atoms with Crippen LogP contribution in [0.4, 0.5) is 0 Å². The fraction of sp³-hybridized carbons (Fsp3) is 0.571. The maximum absolute atomic E-state index is 12.6. The smallest absolute Gasteiger partial charge is 0.370 e. The molecule has 24 heavy (non-hydrogen) atoms. The largest absolute Gasteiger partial charge is 0.475 e. The van der Waals surface area contributed by atoms with Crippen LogP contribution >= 0.6 is 0 Å². The molecule has 0 unspecified atom stereocenters. The van der Waals surface area contributed by atoms with Crippen LogP contribution < -0.4 is 16.8 Å². The molecular formula is C14H23N5O5. The minimum absolute atomic E-state index is 0.300. The number of hydrogen-bond acceptors (Lipinski definition) is 5. The van der Waals surface area contributed by atoms with Crippen LogP contribution in [0.2, 0.25) is 0 Å². The van der Waals surface area contributed by atoms with Gasteiger partial charge in [-0.3, -0.25) is 9.59 Å². The molecule has 0 saturated carbocycles. The van der Waals surface area contributed by atoms with Crippen LogP contribution in [0.3, 0.4) is 0 Å². The summed E-state index contributed by atoms with van der Waals surface area (Å²) in [7, 11) is 1.56. The lowest BCUT2D eigenvalue weighted by molar-refractivity contribution is -0.148. The molecule has 0 fully saturated rings. The molecule has 0 aromatic heterocycles. The van der Waals surface area contributed by atoms with Crippen LogP contribution in [0.25, 0.3) is 0 Å². The van der Waals surface area contributed by atoms with Crippen molar-refractivity contribution in [2.45, 2.75) is 38.5 Å². The Morgan fingerprint density at radius 3 is 2.50 bits per heavy atom. The van der Waals surface area contributed by atoms with Gasteiger partial charge in [0.25, 0.3) is 5.91 Å². The highest BCUT2D eigenvalue weighted by Gasteiger charge is 2.42. The van der Waals surface area contributed by atoms with Crippen molar-refractivity contribution in [3.63, 3.8) is 0 Å². The summed E-state index contributed by atoms with van der Waals surface area (Å²) >= 11 is 0. The van der Waals surface area contributed by atoms with Gasteiger partial charge >= 0.3 is 5.97 Å². The van der Waals surface area contributed by atoms with E-state index in [1.807, 2.05) is 6.92 Å². The Bertz CT molecular complexity index is 570. The van der Waals surface area contributed by atoms with Gasteiger partial charge in [0.1, 0.15) is 12.1 Å². The van der Waals surface area contributed by atoms with Gasteiger partial charge in [-0.15, -0.1) is 0 Å². The minimum atomic E-state index is -1.36. The lowest BCUT2D eigenvalue weighted by Gasteiger charge is -2.36. The van der Waals surface area contributed by atoms with Crippen molar-refractivity contribution in [2.75, 3.05) is 13.6 Å². The molecule has 2 amide bonds. The van der Waals surface area contributed by atoms with Crippen LogP contribution in [0.1, 0.15) is 20.3 Å². The Hall–Kier alpha value is -2.78. The topological polar surface area (TPSA) is 160 Å². The van der Waals surface area contributed by atoms with Crippen molar-refractivity contribution in [1.29, 1.82) is 0 Å². The number of carbonyl (C=O) groups is 3. The SMILES string of the molecule is CCCN(C)C(=O)[C@H]1OC(C(=O)O)=C[C@@H](N=C(N)N)[C@@H]1NC(C)=O. The fourth-order valence-electron chi connectivity index (χ4n) is 2.36. The Kier molecular flexibility index (Phi) is 6.57. The Balaban J connectivity index is 3.28. The van der Waals surface area contributed by atoms with Gasteiger partial charge in [0.2, 0.25) is 11.7 Å². The number of nitrogens with one attached hydrogen (secondary N) is 1. The molecule has 0 saturated heterocycles. The molecule has 0 bridgehead atoms. The maximum atomic E-state index is 12.6. The number of carboxylic acid groups (broad SMARTS) is 1. The number of nitrogens with zero attached hydrogens (tertiary/aromatic N) is 2. The summed E-state index contributed by atoms with van der Waals surface area (Å²) < 4.78 is 5.31.